The molecule has 1 aliphatic rings. The molecule has 0 bridgehead atoms. The van der Waals surface area contributed by atoms with Gasteiger partial charge >= 0.3 is 0 Å². The van der Waals surface area contributed by atoms with E-state index in [-0.39, 0.29) is 0 Å². The maximum absolute atomic E-state index is 5.65. The van der Waals surface area contributed by atoms with E-state index in [1.54, 1.807) is 0 Å². The van der Waals surface area contributed by atoms with E-state index in [4.69, 9.17) is 4.84 Å². The second-order valence-corrected chi connectivity index (χ2v) is 4.70. The molecular weight excluding hydrogens is 198 g/mol. The molecule has 0 heterocycles. The van der Waals surface area contributed by atoms with Crippen molar-refractivity contribution in [2.45, 2.75) is 52.2 Å². The third-order valence-electron chi connectivity index (χ3n) is 3.53. The van der Waals surface area contributed by atoms with Gasteiger partial charge in [-0.1, -0.05) is 31.0 Å². The quantitative estimate of drug-likeness (QED) is 0.785. The molecule has 1 fully saturated rings. The summed E-state index contributed by atoms with van der Waals surface area (Å²) in [6, 6.07) is 6.42. The Bertz CT molecular complexity index is 343. The molecule has 0 radical (unpaired) electrons. The minimum absolute atomic E-state index is 0.435. The van der Waals surface area contributed by atoms with Gasteiger partial charge in [-0.15, -0.1) is 0 Å². The number of hydroxylamine groups is 1. The van der Waals surface area contributed by atoms with Crippen LogP contribution in [0, 0.1) is 13.8 Å². The van der Waals surface area contributed by atoms with Crippen LogP contribution in [0.5, 0.6) is 0 Å². The minimum Gasteiger partial charge on any atom is -0.298 e. The molecule has 0 atom stereocenters. The van der Waals surface area contributed by atoms with E-state index < -0.39 is 0 Å². The smallest absolute Gasteiger partial charge is 0.0790 e. The van der Waals surface area contributed by atoms with Gasteiger partial charge in [0.25, 0.3) is 0 Å². The van der Waals surface area contributed by atoms with Crippen molar-refractivity contribution in [3.8, 4) is 0 Å². The van der Waals surface area contributed by atoms with E-state index in [2.05, 4.69) is 37.5 Å². The second kappa shape index (κ2) is 5.46. The largest absolute Gasteiger partial charge is 0.298 e. The first kappa shape index (κ1) is 11.6. The van der Waals surface area contributed by atoms with Crippen LogP contribution < -0.4 is 5.48 Å². The van der Waals surface area contributed by atoms with Crippen LogP contribution in [0.4, 0.5) is 0 Å². The lowest BCUT2D eigenvalue weighted by molar-refractivity contribution is -0.0244. The van der Waals surface area contributed by atoms with E-state index in [1.165, 1.54) is 42.4 Å². The summed E-state index contributed by atoms with van der Waals surface area (Å²) in [5, 5.41) is 0. The van der Waals surface area contributed by atoms with Crippen LogP contribution in [0.1, 0.15) is 42.4 Å². The Kier molecular flexibility index (Phi) is 3.97. The van der Waals surface area contributed by atoms with Crippen molar-refractivity contribution in [3.63, 3.8) is 0 Å². The topological polar surface area (TPSA) is 21.3 Å². The average Bonchev–Trinajstić information content (AvgIpc) is 2.77. The third kappa shape index (κ3) is 2.83. The zero-order chi connectivity index (χ0) is 11.4. The summed E-state index contributed by atoms with van der Waals surface area (Å²) < 4.78 is 0. The fourth-order valence-corrected chi connectivity index (χ4v) is 2.25. The van der Waals surface area contributed by atoms with Crippen LogP contribution in [-0.2, 0) is 11.4 Å². The Balaban J connectivity index is 1.82. The molecule has 0 aliphatic heterocycles. The molecule has 0 unspecified atom stereocenters. The summed E-state index contributed by atoms with van der Waals surface area (Å²) in [5.74, 6) is 0. The highest BCUT2D eigenvalue weighted by atomic mass is 16.7. The first-order valence-corrected chi connectivity index (χ1v) is 6.21. The summed E-state index contributed by atoms with van der Waals surface area (Å²) >= 11 is 0. The molecule has 0 amide bonds. The van der Waals surface area contributed by atoms with Gasteiger partial charge in [-0.25, -0.2) is 0 Å². The zero-order valence-electron chi connectivity index (χ0n) is 10.3. The standard InChI is InChI=1S/C14H21NO/c1-11-6-5-7-13(12(11)2)10-15-16-14-8-3-4-9-14/h5-7,14-15H,3-4,8-10H2,1-2H3. The molecule has 1 aliphatic carbocycles. The number of aryl methyl sites for hydroxylation is 1. The summed E-state index contributed by atoms with van der Waals surface area (Å²) in [4.78, 5) is 5.65. The number of hydrogen-bond acceptors (Lipinski definition) is 2. The van der Waals surface area contributed by atoms with Gasteiger partial charge in [0, 0.05) is 6.54 Å². The summed E-state index contributed by atoms with van der Waals surface area (Å²) in [7, 11) is 0. The highest BCUT2D eigenvalue weighted by Gasteiger charge is 2.15. The summed E-state index contributed by atoms with van der Waals surface area (Å²) in [5.41, 5.74) is 7.16. The SMILES string of the molecule is Cc1cccc(CNOC2CCCC2)c1C. The normalized spacial score (nSPS) is 16.9. The zero-order valence-corrected chi connectivity index (χ0v) is 10.3. The van der Waals surface area contributed by atoms with E-state index in [0.29, 0.717) is 6.10 Å². The number of nitrogens with one attached hydrogen (secondary N) is 1. The molecule has 2 heteroatoms. The van der Waals surface area contributed by atoms with Crippen LogP contribution in [0.25, 0.3) is 0 Å². The first-order valence-electron chi connectivity index (χ1n) is 6.21. The number of benzene rings is 1. The van der Waals surface area contributed by atoms with Crippen LogP contribution in [0.2, 0.25) is 0 Å². The van der Waals surface area contributed by atoms with Gasteiger partial charge < -0.3 is 0 Å². The van der Waals surface area contributed by atoms with Crippen molar-refractivity contribution in [2.75, 3.05) is 0 Å². The van der Waals surface area contributed by atoms with Crippen molar-refractivity contribution < 1.29 is 4.84 Å². The van der Waals surface area contributed by atoms with E-state index >= 15 is 0 Å². The van der Waals surface area contributed by atoms with E-state index in [0.717, 1.165) is 6.54 Å². The van der Waals surface area contributed by atoms with Gasteiger partial charge in [0.2, 0.25) is 0 Å². The van der Waals surface area contributed by atoms with Crippen LogP contribution in [0.15, 0.2) is 18.2 Å². The maximum Gasteiger partial charge on any atom is 0.0790 e. The molecule has 2 nitrogen and oxygen atoms in total. The van der Waals surface area contributed by atoms with Crippen molar-refractivity contribution in [1.29, 1.82) is 0 Å². The molecule has 1 N–H and O–H groups in total. The van der Waals surface area contributed by atoms with Crippen LogP contribution >= 0.6 is 0 Å². The molecule has 0 aromatic heterocycles. The van der Waals surface area contributed by atoms with E-state index in [1.807, 2.05) is 0 Å². The molecule has 2 rings (SSSR count). The fourth-order valence-electron chi connectivity index (χ4n) is 2.25. The molecule has 1 saturated carbocycles. The predicted octanol–water partition coefficient (Wildman–Crippen LogP) is 3.27. The Morgan fingerprint density at radius 1 is 1.25 bits per heavy atom. The Morgan fingerprint density at radius 2 is 2.00 bits per heavy atom. The summed E-state index contributed by atoms with van der Waals surface area (Å²) in [6.45, 7) is 5.13. The fraction of sp³-hybridized carbons (Fsp3) is 0.571. The lowest BCUT2D eigenvalue weighted by atomic mass is 10.0. The predicted molar refractivity (Wildman–Crippen MR) is 66.1 cm³/mol. The number of rotatable bonds is 4. The summed E-state index contributed by atoms with van der Waals surface area (Å²) in [6.07, 6.45) is 5.48. The van der Waals surface area contributed by atoms with Gasteiger partial charge in [-0.05, 0) is 43.4 Å². The highest BCUT2D eigenvalue weighted by Crippen LogP contribution is 2.20. The van der Waals surface area contributed by atoms with Crippen molar-refractivity contribution in [2.24, 2.45) is 0 Å². The maximum atomic E-state index is 5.65. The average molecular weight is 219 g/mol. The van der Waals surface area contributed by atoms with Gasteiger partial charge in [0.1, 0.15) is 0 Å². The second-order valence-electron chi connectivity index (χ2n) is 4.70. The Labute approximate surface area is 98.0 Å². The molecule has 1 aromatic carbocycles. The molecule has 88 valence electrons. The lowest BCUT2D eigenvalue weighted by Crippen LogP contribution is -2.21. The Hall–Kier alpha value is -0.860. The molecule has 1 aromatic rings. The lowest BCUT2D eigenvalue weighted by Gasteiger charge is -2.13. The number of hydrogen-bond donors (Lipinski definition) is 1. The van der Waals surface area contributed by atoms with Crippen LogP contribution in [0.3, 0.4) is 0 Å². The molecule has 0 spiro atoms. The van der Waals surface area contributed by atoms with E-state index in [9.17, 15) is 0 Å². The molecular formula is C14H21NO. The van der Waals surface area contributed by atoms with Gasteiger partial charge in [0.05, 0.1) is 6.10 Å². The van der Waals surface area contributed by atoms with Crippen LogP contribution in [-0.4, -0.2) is 6.10 Å². The van der Waals surface area contributed by atoms with Gasteiger partial charge in [-0.2, -0.15) is 5.48 Å². The first-order chi connectivity index (χ1) is 7.77. The van der Waals surface area contributed by atoms with Crippen molar-refractivity contribution in [1.82, 2.24) is 5.48 Å². The van der Waals surface area contributed by atoms with Crippen molar-refractivity contribution in [3.05, 3.63) is 34.9 Å². The molecule has 16 heavy (non-hydrogen) atoms. The highest BCUT2D eigenvalue weighted by molar-refractivity contribution is 5.32. The monoisotopic (exact) mass is 219 g/mol. The van der Waals surface area contributed by atoms with Gasteiger partial charge in [-0.3, -0.25) is 4.84 Å². The third-order valence-corrected chi connectivity index (χ3v) is 3.53. The van der Waals surface area contributed by atoms with Gasteiger partial charge in [0.15, 0.2) is 0 Å². The Morgan fingerprint density at radius 3 is 2.75 bits per heavy atom. The van der Waals surface area contributed by atoms with Crippen molar-refractivity contribution >= 4 is 0 Å². The molecule has 0 saturated heterocycles. The minimum atomic E-state index is 0.435.